The van der Waals surface area contributed by atoms with Crippen molar-refractivity contribution < 1.29 is 0 Å². The van der Waals surface area contributed by atoms with E-state index in [1.165, 1.54) is 0 Å². The maximum absolute atomic E-state index is 6.09. The molecule has 1 N–H and O–H groups in total. The monoisotopic (exact) mass is 343 g/mol. The van der Waals surface area contributed by atoms with Crippen LogP contribution in [0.25, 0.3) is 0 Å². The molecule has 0 amide bonds. The van der Waals surface area contributed by atoms with E-state index in [2.05, 4.69) is 27.3 Å². The van der Waals surface area contributed by atoms with Gasteiger partial charge in [0.25, 0.3) is 0 Å². The third-order valence-electron chi connectivity index (χ3n) is 2.65. The summed E-state index contributed by atoms with van der Waals surface area (Å²) in [7, 11) is 0. The average molecular weight is 345 g/mol. The highest BCUT2D eigenvalue weighted by Gasteiger charge is 2.02. The molecule has 2 rings (SSSR count). The van der Waals surface area contributed by atoms with Crippen LogP contribution in [0.15, 0.2) is 40.9 Å². The van der Waals surface area contributed by atoms with Gasteiger partial charge in [-0.05, 0) is 58.2 Å². The lowest BCUT2D eigenvalue weighted by Gasteiger charge is -2.10. The number of aryl methyl sites for hydroxylation is 1. The average Bonchev–Trinajstić information content (AvgIpc) is 2.32. The Bertz CT molecular complexity index is 570. The van der Waals surface area contributed by atoms with Crippen molar-refractivity contribution in [1.29, 1.82) is 0 Å². The fraction of sp³-hybridized carbons (Fsp3) is 0.143. The van der Waals surface area contributed by atoms with Crippen LogP contribution >= 0.6 is 39.1 Å². The predicted molar refractivity (Wildman–Crippen MR) is 82.7 cm³/mol. The van der Waals surface area contributed by atoms with Crippen LogP contribution in [-0.2, 0) is 6.54 Å². The van der Waals surface area contributed by atoms with E-state index in [1.54, 1.807) is 0 Å². The molecular formula is C14H12BrCl2N. The van der Waals surface area contributed by atoms with Crippen molar-refractivity contribution in [2.75, 3.05) is 5.32 Å². The molecule has 0 aromatic heterocycles. The van der Waals surface area contributed by atoms with Gasteiger partial charge in [-0.2, -0.15) is 0 Å². The normalized spacial score (nSPS) is 10.4. The first kappa shape index (κ1) is 13.7. The smallest absolute Gasteiger partial charge is 0.0488 e. The van der Waals surface area contributed by atoms with Gasteiger partial charge in [-0.15, -0.1) is 0 Å². The van der Waals surface area contributed by atoms with Gasteiger partial charge in [0.15, 0.2) is 0 Å². The summed E-state index contributed by atoms with van der Waals surface area (Å²) in [5.41, 5.74) is 3.25. The highest BCUT2D eigenvalue weighted by molar-refractivity contribution is 9.10. The molecule has 0 unspecified atom stereocenters. The van der Waals surface area contributed by atoms with Gasteiger partial charge in [0.1, 0.15) is 0 Å². The first-order valence-corrected chi connectivity index (χ1v) is 7.05. The van der Waals surface area contributed by atoms with Crippen molar-refractivity contribution in [3.05, 3.63) is 62.0 Å². The topological polar surface area (TPSA) is 12.0 Å². The molecular weight excluding hydrogens is 333 g/mol. The fourth-order valence-corrected chi connectivity index (χ4v) is 2.60. The van der Waals surface area contributed by atoms with Gasteiger partial charge in [-0.1, -0.05) is 35.3 Å². The van der Waals surface area contributed by atoms with Crippen LogP contribution in [0.5, 0.6) is 0 Å². The zero-order valence-electron chi connectivity index (χ0n) is 9.81. The van der Waals surface area contributed by atoms with E-state index in [0.29, 0.717) is 5.02 Å². The third-order valence-corrected chi connectivity index (χ3v) is 3.95. The van der Waals surface area contributed by atoms with Gasteiger partial charge in [-0.25, -0.2) is 0 Å². The minimum absolute atomic E-state index is 0.714. The molecule has 0 saturated carbocycles. The number of benzene rings is 2. The number of halogens is 3. The Labute approximate surface area is 125 Å². The predicted octanol–water partition coefficient (Wildman–Crippen LogP) is 5.68. The van der Waals surface area contributed by atoms with E-state index < -0.39 is 0 Å². The molecule has 0 saturated heterocycles. The molecule has 2 aromatic carbocycles. The summed E-state index contributed by atoms with van der Waals surface area (Å²) in [5, 5.41) is 4.85. The molecule has 0 atom stereocenters. The summed E-state index contributed by atoms with van der Waals surface area (Å²) >= 11 is 15.5. The van der Waals surface area contributed by atoms with Crippen LogP contribution in [-0.4, -0.2) is 0 Å². The lowest BCUT2D eigenvalue weighted by molar-refractivity contribution is 1.14. The van der Waals surface area contributed by atoms with Gasteiger partial charge in [0.05, 0.1) is 0 Å². The van der Waals surface area contributed by atoms with E-state index in [0.717, 1.165) is 32.9 Å². The number of rotatable bonds is 3. The van der Waals surface area contributed by atoms with Gasteiger partial charge >= 0.3 is 0 Å². The Morgan fingerprint density at radius 1 is 1.11 bits per heavy atom. The fourth-order valence-electron chi connectivity index (χ4n) is 1.58. The van der Waals surface area contributed by atoms with Gasteiger partial charge in [-0.3, -0.25) is 0 Å². The van der Waals surface area contributed by atoms with Crippen molar-refractivity contribution >= 4 is 44.8 Å². The third kappa shape index (κ3) is 3.41. The lowest BCUT2D eigenvalue weighted by Crippen LogP contribution is -2.00. The molecule has 0 aliphatic rings. The van der Waals surface area contributed by atoms with E-state index in [9.17, 15) is 0 Å². The molecule has 18 heavy (non-hydrogen) atoms. The van der Waals surface area contributed by atoms with Crippen LogP contribution in [0, 0.1) is 6.92 Å². The summed E-state index contributed by atoms with van der Waals surface area (Å²) in [5.74, 6) is 0. The summed E-state index contributed by atoms with van der Waals surface area (Å²) in [6, 6.07) is 11.7. The standard InChI is InChI=1S/C14H12BrCl2N/c1-9-2-3-10(6-13(9)17)8-18-14-5-4-11(16)7-12(14)15/h2-7,18H,8H2,1H3. The van der Waals surface area contributed by atoms with Gasteiger partial charge < -0.3 is 5.32 Å². The highest BCUT2D eigenvalue weighted by Crippen LogP contribution is 2.26. The number of hydrogen-bond acceptors (Lipinski definition) is 1. The Morgan fingerprint density at radius 2 is 1.89 bits per heavy atom. The first-order chi connectivity index (χ1) is 8.56. The van der Waals surface area contributed by atoms with Crippen molar-refractivity contribution in [1.82, 2.24) is 0 Å². The largest absolute Gasteiger partial charge is 0.380 e. The zero-order valence-corrected chi connectivity index (χ0v) is 12.9. The van der Waals surface area contributed by atoms with Gasteiger partial charge in [0, 0.05) is 26.8 Å². The molecule has 0 fully saturated rings. The Morgan fingerprint density at radius 3 is 2.56 bits per heavy atom. The summed E-state index contributed by atoms with van der Waals surface area (Å²) < 4.78 is 0.952. The SMILES string of the molecule is Cc1ccc(CNc2ccc(Cl)cc2Br)cc1Cl. The second-order valence-corrected chi connectivity index (χ2v) is 5.76. The number of hydrogen-bond donors (Lipinski definition) is 1. The summed E-state index contributed by atoms with van der Waals surface area (Å²) in [4.78, 5) is 0. The van der Waals surface area contributed by atoms with Crippen molar-refractivity contribution in [3.8, 4) is 0 Å². The molecule has 4 heteroatoms. The number of anilines is 1. The minimum atomic E-state index is 0.714. The molecule has 0 bridgehead atoms. The van der Waals surface area contributed by atoms with E-state index in [-0.39, 0.29) is 0 Å². The quantitative estimate of drug-likeness (QED) is 0.755. The van der Waals surface area contributed by atoms with Crippen LogP contribution in [0.4, 0.5) is 5.69 Å². The maximum Gasteiger partial charge on any atom is 0.0488 e. The molecule has 0 spiro atoms. The number of nitrogens with one attached hydrogen (secondary N) is 1. The van der Waals surface area contributed by atoms with E-state index in [4.69, 9.17) is 23.2 Å². The molecule has 0 aliphatic carbocycles. The highest BCUT2D eigenvalue weighted by atomic mass is 79.9. The molecule has 0 heterocycles. The van der Waals surface area contributed by atoms with Crippen molar-refractivity contribution in [2.45, 2.75) is 13.5 Å². The lowest BCUT2D eigenvalue weighted by atomic mass is 10.1. The molecule has 0 aliphatic heterocycles. The Balaban J connectivity index is 2.09. The summed E-state index contributed by atoms with van der Waals surface area (Å²) in [6.07, 6.45) is 0. The molecule has 2 aromatic rings. The first-order valence-electron chi connectivity index (χ1n) is 5.50. The zero-order chi connectivity index (χ0) is 13.1. The molecule has 1 nitrogen and oxygen atoms in total. The van der Waals surface area contributed by atoms with E-state index >= 15 is 0 Å². The minimum Gasteiger partial charge on any atom is -0.380 e. The maximum atomic E-state index is 6.09. The van der Waals surface area contributed by atoms with Crippen molar-refractivity contribution in [2.24, 2.45) is 0 Å². The van der Waals surface area contributed by atoms with Crippen LogP contribution in [0.3, 0.4) is 0 Å². The second kappa shape index (κ2) is 5.96. The van der Waals surface area contributed by atoms with Crippen molar-refractivity contribution in [3.63, 3.8) is 0 Å². The van der Waals surface area contributed by atoms with Crippen LogP contribution in [0.2, 0.25) is 10.0 Å². The second-order valence-electron chi connectivity index (χ2n) is 4.06. The Hall–Kier alpha value is -0.700. The van der Waals surface area contributed by atoms with Crippen LogP contribution in [0.1, 0.15) is 11.1 Å². The van der Waals surface area contributed by atoms with E-state index in [1.807, 2.05) is 37.3 Å². The van der Waals surface area contributed by atoms with Gasteiger partial charge in [0.2, 0.25) is 0 Å². The molecule has 94 valence electrons. The Kier molecular flexibility index (Phi) is 4.55. The molecule has 0 radical (unpaired) electrons. The van der Waals surface area contributed by atoms with Crippen LogP contribution < -0.4 is 5.32 Å². The summed E-state index contributed by atoms with van der Waals surface area (Å²) in [6.45, 7) is 2.72.